The van der Waals surface area contributed by atoms with E-state index in [0.717, 1.165) is 16.7 Å². The van der Waals surface area contributed by atoms with Gasteiger partial charge in [-0.1, -0.05) is 117 Å². The molecule has 0 aromatic heterocycles. The summed E-state index contributed by atoms with van der Waals surface area (Å²) in [6, 6.07) is 30.2. The summed E-state index contributed by atoms with van der Waals surface area (Å²) in [6.07, 6.45) is 10.7. The Morgan fingerprint density at radius 1 is 0.783 bits per heavy atom. The number of likely N-dealkylation sites (tertiary alicyclic amines) is 1. The number of esters is 1. The fraction of sp³-hybridized carbons (Fsp3) is 0.308. The summed E-state index contributed by atoms with van der Waals surface area (Å²) in [7, 11) is 3.02. The first-order valence-electron chi connectivity index (χ1n) is 16.0. The van der Waals surface area contributed by atoms with Crippen LogP contribution in [0.4, 0.5) is 0 Å². The van der Waals surface area contributed by atoms with Crippen molar-refractivity contribution in [3.63, 3.8) is 0 Å². The van der Waals surface area contributed by atoms with Crippen LogP contribution in [0.5, 0.6) is 0 Å². The standard InChI is InChI=1S/C39H43N3O4/c1-29(2)35(38(45)46-4)40(3)36(43)30-24-27-41(28-25-30)37(44)34-23-15-8-16-26-42(34)39(31-17-9-5-10-18-31,32-19-11-6-12-20-32)33-21-13-7-14-22-33/h5-23,26,29-30,35H,24-25,27-28H2,1-4H3/t35-/m0/s1. The average Bonchev–Trinajstić information content (AvgIpc) is 3.36. The van der Waals surface area contributed by atoms with Crippen LogP contribution in [0, 0.1) is 11.8 Å². The number of hydrogen-bond donors (Lipinski definition) is 0. The SMILES string of the molecule is COC(=O)[C@H](C(C)C)N(C)C(=O)C1CCN(C(=O)C2=CC=CC=CN2C(c2ccccc2)(c2ccccc2)c2ccccc2)CC1. The van der Waals surface area contributed by atoms with Gasteiger partial charge in [-0.05, 0) is 47.6 Å². The zero-order valence-electron chi connectivity index (χ0n) is 27.1. The second-order valence-corrected chi connectivity index (χ2v) is 12.2. The number of likely N-dealkylation sites (N-methyl/N-ethyl adjacent to an activating group) is 1. The maximum atomic E-state index is 14.6. The van der Waals surface area contributed by atoms with Crippen LogP contribution in [0.25, 0.3) is 0 Å². The van der Waals surface area contributed by atoms with Crippen LogP contribution in [0.3, 0.4) is 0 Å². The zero-order chi connectivity index (χ0) is 32.7. The summed E-state index contributed by atoms with van der Waals surface area (Å²) in [4.78, 5) is 46.0. The third kappa shape index (κ3) is 6.27. The van der Waals surface area contributed by atoms with Crippen LogP contribution >= 0.6 is 0 Å². The molecule has 2 heterocycles. The second-order valence-electron chi connectivity index (χ2n) is 12.2. The Morgan fingerprint density at radius 3 is 1.74 bits per heavy atom. The van der Waals surface area contributed by atoms with E-state index in [9.17, 15) is 14.4 Å². The van der Waals surface area contributed by atoms with Gasteiger partial charge < -0.3 is 19.4 Å². The monoisotopic (exact) mass is 617 g/mol. The molecular formula is C39H43N3O4. The smallest absolute Gasteiger partial charge is 0.328 e. The highest BCUT2D eigenvalue weighted by molar-refractivity contribution is 5.94. The first-order chi connectivity index (χ1) is 22.3. The number of rotatable bonds is 9. The van der Waals surface area contributed by atoms with Gasteiger partial charge in [0.2, 0.25) is 5.91 Å². The largest absolute Gasteiger partial charge is 0.467 e. The summed E-state index contributed by atoms with van der Waals surface area (Å²) in [5, 5.41) is 0. The molecular weight excluding hydrogens is 574 g/mol. The van der Waals surface area contributed by atoms with Crippen molar-refractivity contribution in [3.8, 4) is 0 Å². The predicted molar refractivity (Wildman–Crippen MR) is 180 cm³/mol. The number of methoxy groups -OCH3 is 1. The molecule has 7 heteroatoms. The number of ether oxygens (including phenoxy) is 1. The van der Waals surface area contributed by atoms with Crippen molar-refractivity contribution < 1.29 is 19.1 Å². The highest BCUT2D eigenvalue weighted by Crippen LogP contribution is 2.45. The molecule has 1 fully saturated rings. The lowest BCUT2D eigenvalue weighted by molar-refractivity contribution is -0.155. The molecule has 2 aliphatic heterocycles. The molecule has 7 nitrogen and oxygen atoms in total. The van der Waals surface area contributed by atoms with Crippen molar-refractivity contribution >= 4 is 17.8 Å². The van der Waals surface area contributed by atoms with E-state index in [1.54, 1.807) is 7.05 Å². The number of amides is 2. The molecule has 46 heavy (non-hydrogen) atoms. The first kappa shape index (κ1) is 32.5. The number of benzene rings is 3. The van der Waals surface area contributed by atoms with Crippen molar-refractivity contribution in [2.75, 3.05) is 27.2 Å². The van der Waals surface area contributed by atoms with Crippen molar-refractivity contribution in [1.82, 2.24) is 14.7 Å². The summed E-state index contributed by atoms with van der Waals surface area (Å²) >= 11 is 0. The lowest BCUT2D eigenvalue weighted by atomic mass is 9.75. The van der Waals surface area contributed by atoms with E-state index in [1.165, 1.54) is 12.0 Å². The van der Waals surface area contributed by atoms with Crippen LogP contribution < -0.4 is 0 Å². The van der Waals surface area contributed by atoms with Crippen LogP contribution in [-0.2, 0) is 24.7 Å². The maximum absolute atomic E-state index is 14.6. The molecule has 238 valence electrons. The molecule has 0 saturated carbocycles. The van der Waals surface area contributed by atoms with Gasteiger partial charge in [0.25, 0.3) is 5.91 Å². The van der Waals surface area contributed by atoms with Crippen molar-refractivity contribution in [2.24, 2.45) is 11.8 Å². The van der Waals surface area contributed by atoms with Gasteiger partial charge in [-0.15, -0.1) is 0 Å². The fourth-order valence-electron chi connectivity index (χ4n) is 6.84. The van der Waals surface area contributed by atoms with E-state index in [0.29, 0.717) is 31.6 Å². The van der Waals surface area contributed by atoms with Gasteiger partial charge in [0.1, 0.15) is 17.3 Å². The summed E-state index contributed by atoms with van der Waals surface area (Å²) < 4.78 is 4.98. The van der Waals surface area contributed by atoms with E-state index < -0.39 is 17.6 Å². The fourth-order valence-corrected chi connectivity index (χ4v) is 6.84. The van der Waals surface area contributed by atoms with E-state index in [4.69, 9.17) is 4.74 Å². The number of hydrogen-bond acceptors (Lipinski definition) is 5. The predicted octanol–water partition coefficient (Wildman–Crippen LogP) is 6.14. The minimum absolute atomic E-state index is 0.0866. The van der Waals surface area contributed by atoms with Gasteiger partial charge in [0.05, 0.1) is 7.11 Å². The third-order valence-corrected chi connectivity index (χ3v) is 9.10. The topological polar surface area (TPSA) is 70.2 Å². The van der Waals surface area contributed by atoms with Gasteiger partial charge in [-0.2, -0.15) is 0 Å². The Kier molecular flexibility index (Phi) is 10.2. The number of allylic oxidation sites excluding steroid dienone is 4. The highest BCUT2D eigenvalue weighted by Gasteiger charge is 2.45. The molecule has 2 aliphatic rings. The van der Waals surface area contributed by atoms with Crippen molar-refractivity contribution in [2.45, 2.75) is 38.3 Å². The molecule has 0 N–H and O–H groups in total. The Morgan fingerprint density at radius 2 is 1.28 bits per heavy atom. The Labute approximate surface area is 272 Å². The molecule has 1 saturated heterocycles. The van der Waals surface area contributed by atoms with Crippen LogP contribution in [0.1, 0.15) is 43.4 Å². The molecule has 2 amide bonds. The van der Waals surface area contributed by atoms with Crippen molar-refractivity contribution in [3.05, 3.63) is 144 Å². The first-order valence-corrected chi connectivity index (χ1v) is 16.0. The lowest BCUT2D eigenvalue weighted by Gasteiger charge is -2.46. The molecule has 3 aromatic rings. The van der Waals surface area contributed by atoms with Crippen molar-refractivity contribution in [1.29, 1.82) is 0 Å². The Balaban J connectivity index is 1.49. The molecule has 0 spiro atoms. The van der Waals surface area contributed by atoms with Crippen LogP contribution in [-0.4, -0.2) is 65.8 Å². The quantitative estimate of drug-likeness (QED) is 0.213. The van der Waals surface area contributed by atoms with E-state index in [-0.39, 0.29) is 23.7 Å². The van der Waals surface area contributed by atoms with Gasteiger partial charge in [-0.3, -0.25) is 9.59 Å². The summed E-state index contributed by atoms with van der Waals surface area (Å²) in [6.45, 7) is 4.67. The molecule has 0 bridgehead atoms. The lowest BCUT2D eigenvalue weighted by Crippen LogP contribution is -2.52. The Hall–Kier alpha value is -4.91. The number of carbonyl (C=O) groups excluding carboxylic acids is 3. The Bertz CT molecular complexity index is 1490. The van der Waals surface area contributed by atoms with Gasteiger partial charge >= 0.3 is 5.97 Å². The van der Waals surface area contributed by atoms with E-state index >= 15 is 0 Å². The molecule has 3 aromatic carbocycles. The summed E-state index contributed by atoms with van der Waals surface area (Å²) in [5.41, 5.74) is 2.75. The van der Waals surface area contributed by atoms with Gasteiger partial charge in [0, 0.05) is 32.3 Å². The number of carbonyl (C=O) groups is 3. The van der Waals surface area contributed by atoms with E-state index in [2.05, 4.69) is 41.3 Å². The molecule has 5 rings (SSSR count). The minimum Gasteiger partial charge on any atom is -0.467 e. The van der Waals surface area contributed by atoms with E-state index in [1.807, 2.05) is 104 Å². The second kappa shape index (κ2) is 14.5. The van der Waals surface area contributed by atoms with Gasteiger partial charge in [0.15, 0.2) is 0 Å². The third-order valence-electron chi connectivity index (χ3n) is 9.10. The number of piperidine rings is 1. The number of nitrogens with zero attached hydrogens (tertiary/aromatic N) is 3. The van der Waals surface area contributed by atoms with Crippen LogP contribution in [0.15, 0.2) is 127 Å². The average molecular weight is 618 g/mol. The molecule has 0 radical (unpaired) electrons. The zero-order valence-corrected chi connectivity index (χ0v) is 27.1. The van der Waals surface area contributed by atoms with Crippen LogP contribution in [0.2, 0.25) is 0 Å². The minimum atomic E-state index is -0.857. The normalized spacial score (nSPS) is 16.1. The summed E-state index contributed by atoms with van der Waals surface area (Å²) in [5.74, 6) is -0.975. The maximum Gasteiger partial charge on any atom is 0.328 e. The molecule has 0 unspecified atom stereocenters. The molecule has 1 atom stereocenters. The van der Waals surface area contributed by atoms with Gasteiger partial charge in [-0.25, -0.2) is 4.79 Å². The highest BCUT2D eigenvalue weighted by atomic mass is 16.5. The molecule has 0 aliphatic carbocycles.